The molecule has 5 nitrogen and oxygen atoms in total. The Morgan fingerprint density at radius 2 is 2.09 bits per heavy atom. The second kappa shape index (κ2) is 6.27. The molecule has 0 radical (unpaired) electrons. The van der Waals surface area contributed by atoms with Crippen LogP contribution in [0.25, 0.3) is 0 Å². The van der Waals surface area contributed by atoms with Crippen molar-refractivity contribution in [2.45, 2.75) is 33.3 Å². The van der Waals surface area contributed by atoms with Crippen LogP contribution in [0.2, 0.25) is 0 Å². The van der Waals surface area contributed by atoms with Crippen LogP contribution in [0.15, 0.2) is 28.7 Å². The minimum atomic E-state index is -1.17. The number of carbonyl (C=O) groups excluding carboxylic acids is 1. The second-order valence-corrected chi connectivity index (χ2v) is 5.88. The fourth-order valence-corrected chi connectivity index (χ4v) is 2.54. The van der Waals surface area contributed by atoms with Gasteiger partial charge in [-0.15, -0.1) is 0 Å². The number of carbonyl (C=O) groups is 1. The van der Waals surface area contributed by atoms with Crippen LogP contribution < -0.4 is 5.32 Å². The fraction of sp³-hybridized carbons (Fsp3) is 0.333. The number of aryl methyl sites for hydroxylation is 2. The van der Waals surface area contributed by atoms with E-state index >= 15 is 0 Å². The highest BCUT2D eigenvalue weighted by atomic mass is 16.3. The van der Waals surface area contributed by atoms with Gasteiger partial charge in [-0.05, 0) is 52.0 Å². The lowest BCUT2D eigenvalue weighted by molar-refractivity contribution is 0.0699. The zero-order chi connectivity index (χ0) is 17.2. The lowest BCUT2D eigenvalue weighted by Crippen LogP contribution is -2.31. The number of Topliss-reactive ketones (excluding diaryl/α,β-unsaturated/α-hetero) is 1. The average molecular weight is 312 g/mol. The van der Waals surface area contributed by atoms with E-state index in [9.17, 15) is 15.2 Å². The van der Waals surface area contributed by atoms with E-state index < -0.39 is 5.60 Å². The first-order valence-corrected chi connectivity index (χ1v) is 7.33. The van der Waals surface area contributed by atoms with Gasteiger partial charge in [-0.2, -0.15) is 5.26 Å². The van der Waals surface area contributed by atoms with E-state index in [1.165, 1.54) is 6.92 Å². The highest BCUT2D eigenvalue weighted by Gasteiger charge is 2.27. The summed E-state index contributed by atoms with van der Waals surface area (Å²) in [6.07, 6.45) is 0. The number of benzene rings is 1. The summed E-state index contributed by atoms with van der Waals surface area (Å²) in [7, 11) is 0. The van der Waals surface area contributed by atoms with Gasteiger partial charge in [0.2, 0.25) is 0 Å². The van der Waals surface area contributed by atoms with Gasteiger partial charge in [0.15, 0.2) is 5.78 Å². The summed E-state index contributed by atoms with van der Waals surface area (Å²) in [4.78, 5) is 11.5. The highest BCUT2D eigenvalue weighted by molar-refractivity contribution is 5.95. The molecular formula is C18H20N2O3. The summed E-state index contributed by atoms with van der Waals surface area (Å²) in [6.45, 7) is 6.96. The van der Waals surface area contributed by atoms with E-state index in [-0.39, 0.29) is 12.3 Å². The van der Waals surface area contributed by atoms with Crippen molar-refractivity contribution in [3.05, 3.63) is 52.5 Å². The molecule has 5 heteroatoms. The third-order valence-electron chi connectivity index (χ3n) is 3.79. The third kappa shape index (κ3) is 3.61. The van der Waals surface area contributed by atoms with Crippen LogP contribution in [0, 0.1) is 25.2 Å². The normalized spacial score (nSPS) is 13.2. The Kier molecular flexibility index (Phi) is 4.57. The molecular weight excluding hydrogens is 292 g/mol. The van der Waals surface area contributed by atoms with Crippen molar-refractivity contribution >= 4 is 11.5 Å². The molecule has 1 heterocycles. The summed E-state index contributed by atoms with van der Waals surface area (Å²) in [5.74, 6) is 1.31. The number of anilines is 1. The predicted octanol–water partition coefficient (Wildman–Crippen LogP) is 3.29. The Labute approximate surface area is 135 Å². The molecule has 1 atom stereocenters. The van der Waals surface area contributed by atoms with Crippen LogP contribution >= 0.6 is 0 Å². The molecule has 0 aliphatic heterocycles. The van der Waals surface area contributed by atoms with Gasteiger partial charge < -0.3 is 14.8 Å². The van der Waals surface area contributed by atoms with Crippen LogP contribution in [0.5, 0.6) is 0 Å². The van der Waals surface area contributed by atoms with Gasteiger partial charge in [0.05, 0.1) is 11.3 Å². The number of nitriles is 1. The van der Waals surface area contributed by atoms with Gasteiger partial charge >= 0.3 is 0 Å². The molecule has 2 N–H and O–H groups in total. The maximum Gasteiger partial charge on any atom is 0.159 e. The molecule has 2 rings (SSSR count). The van der Waals surface area contributed by atoms with E-state index in [1.807, 2.05) is 6.92 Å². The van der Waals surface area contributed by atoms with Gasteiger partial charge in [-0.25, -0.2) is 0 Å². The maximum absolute atomic E-state index is 11.5. The Bertz CT molecular complexity index is 782. The summed E-state index contributed by atoms with van der Waals surface area (Å²) < 4.78 is 5.46. The number of furan rings is 1. The average Bonchev–Trinajstić information content (AvgIpc) is 2.84. The molecule has 0 saturated heterocycles. The molecule has 0 aliphatic carbocycles. The minimum Gasteiger partial charge on any atom is -0.466 e. The molecule has 0 spiro atoms. The molecule has 1 unspecified atom stereocenters. The van der Waals surface area contributed by atoms with Crippen LogP contribution in [-0.4, -0.2) is 17.4 Å². The quantitative estimate of drug-likeness (QED) is 0.827. The minimum absolute atomic E-state index is 0.0781. The molecule has 1 aromatic carbocycles. The number of ketones is 1. The molecule has 1 aromatic heterocycles. The van der Waals surface area contributed by atoms with E-state index in [4.69, 9.17) is 4.42 Å². The molecule has 2 aromatic rings. The molecule has 0 fully saturated rings. The lowest BCUT2D eigenvalue weighted by Gasteiger charge is -2.24. The number of aliphatic hydroxyl groups is 1. The Hall–Kier alpha value is -2.58. The summed E-state index contributed by atoms with van der Waals surface area (Å²) in [5.41, 5.74) is 0.996. The molecule has 0 saturated carbocycles. The van der Waals surface area contributed by atoms with Gasteiger partial charge in [-0.3, -0.25) is 4.79 Å². The lowest BCUT2D eigenvalue weighted by atomic mass is 9.96. The first-order chi connectivity index (χ1) is 10.7. The second-order valence-electron chi connectivity index (χ2n) is 5.88. The van der Waals surface area contributed by atoms with Crippen molar-refractivity contribution in [2.24, 2.45) is 0 Å². The summed E-state index contributed by atoms with van der Waals surface area (Å²) in [5, 5.41) is 23.0. The number of nitrogens with one attached hydrogen (secondary N) is 1. The predicted molar refractivity (Wildman–Crippen MR) is 87.4 cm³/mol. The van der Waals surface area contributed by atoms with Crippen LogP contribution in [0.4, 0.5) is 5.69 Å². The number of hydrogen-bond donors (Lipinski definition) is 2. The van der Waals surface area contributed by atoms with Gasteiger partial charge in [0.1, 0.15) is 23.2 Å². The van der Waals surface area contributed by atoms with Crippen molar-refractivity contribution in [3.8, 4) is 6.07 Å². The van der Waals surface area contributed by atoms with Gasteiger partial charge in [-0.1, -0.05) is 0 Å². The van der Waals surface area contributed by atoms with Crippen molar-refractivity contribution < 1.29 is 14.3 Å². The summed E-state index contributed by atoms with van der Waals surface area (Å²) >= 11 is 0. The largest absolute Gasteiger partial charge is 0.466 e. The van der Waals surface area contributed by atoms with E-state index in [1.54, 1.807) is 38.1 Å². The molecule has 120 valence electrons. The van der Waals surface area contributed by atoms with Crippen molar-refractivity contribution in [2.75, 3.05) is 11.9 Å². The monoisotopic (exact) mass is 312 g/mol. The molecule has 0 aliphatic rings. The zero-order valence-electron chi connectivity index (χ0n) is 13.7. The molecule has 0 amide bonds. The third-order valence-corrected chi connectivity index (χ3v) is 3.79. The van der Waals surface area contributed by atoms with Gasteiger partial charge in [0.25, 0.3) is 0 Å². The Balaban J connectivity index is 2.26. The van der Waals surface area contributed by atoms with Crippen molar-refractivity contribution in [1.29, 1.82) is 5.26 Å². The van der Waals surface area contributed by atoms with E-state index in [0.29, 0.717) is 28.1 Å². The standard InChI is InChI=1S/C18H20N2O3/c1-11-7-16(13(3)23-11)18(4,22)10-20-17-8-14(12(2)21)5-6-15(17)9-19/h5-8,20,22H,10H2,1-4H3. The van der Waals surface area contributed by atoms with Crippen LogP contribution in [-0.2, 0) is 5.60 Å². The Morgan fingerprint density at radius 3 is 2.61 bits per heavy atom. The SMILES string of the molecule is CC(=O)c1ccc(C#N)c(NCC(C)(O)c2cc(C)oc2C)c1. The van der Waals surface area contributed by atoms with Crippen LogP contribution in [0.3, 0.4) is 0 Å². The number of nitrogens with zero attached hydrogens (tertiary/aromatic N) is 1. The topological polar surface area (TPSA) is 86.3 Å². The number of hydrogen-bond acceptors (Lipinski definition) is 5. The fourth-order valence-electron chi connectivity index (χ4n) is 2.54. The number of rotatable bonds is 5. The smallest absolute Gasteiger partial charge is 0.159 e. The molecule has 0 bridgehead atoms. The maximum atomic E-state index is 11.5. The zero-order valence-corrected chi connectivity index (χ0v) is 13.7. The van der Waals surface area contributed by atoms with Gasteiger partial charge in [0, 0.05) is 17.7 Å². The first kappa shape index (κ1) is 16.8. The molecule has 23 heavy (non-hydrogen) atoms. The van der Waals surface area contributed by atoms with Crippen LogP contribution in [0.1, 0.15) is 46.9 Å². The highest BCUT2D eigenvalue weighted by Crippen LogP contribution is 2.28. The van der Waals surface area contributed by atoms with Crippen molar-refractivity contribution in [1.82, 2.24) is 0 Å². The Morgan fingerprint density at radius 1 is 1.39 bits per heavy atom. The first-order valence-electron chi connectivity index (χ1n) is 7.33. The van der Waals surface area contributed by atoms with E-state index in [2.05, 4.69) is 11.4 Å². The van der Waals surface area contributed by atoms with E-state index in [0.717, 1.165) is 5.76 Å². The summed E-state index contributed by atoms with van der Waals surface area (Å²) in [6, 6.07) is 8.73. The van der Waals surface area contributed by atoms with Crippen molar-refractivity contribution in [3.63, 3.8) is 0 Å².